The Kier molecular flexibility index (Phi) is 4.07. The molecule has 104 valence electrons. The maximum Gasteiger partial charge on any atom is 0.0366 e. The predicted molar refractivity (Wildman–Crippen MR) is 81.9 cm³/mol. The first-order valence-electron chi connectivity index (χ1n) is 7.86. The van der Waals surface area contributed by atoms with Crippen molar-refractivity contribution >= 4 is 5.69 Å². The molecule has 0 bridgehead atoms. The van der Waals surface area contributed by atoms with E-state index in [-0.39, 0.29) is 0 Å². The van der Waals surface area contributed by atoms with Crippen molar-refractivity contribution in [2.45, 2.75) is 38.5 Å². The molecular weight excluding hydrogens is 232 g/mol. The lowest BCUT2D eigenvalue weighted by molar-refractivity contribution is 0.356. The van der Waals surface area contributed by atoms with E-state index in [0.717, 1.165) is 5.92 Å². The van der Waals surface area contributed by atoms with Crippen LogP contribution in [-0.4, -0.2) is 26.7 Å². The highest BCUT2D eigenvalue weighted by Gasteiger charge is 2.15. The average molecular weight is 258 g/mol. The molecule has 1 aliphatic carbocycles. The molecule has 1 fully saturated rings. The van der Waals surface area contributed by atoms with E-state index in [0.29, 0.717) is 0 Å². The lowest BCUT2D eigenvalue weighted by Crippen LogP contribution is -2.30. The van der Waals surface area contributed by atoms with Gasteiger partial charge in [0.25, 0.3) is 0 Å². The van der Waals surface area contributed by atoms with Crippen LogP contribution in [0, 0.1) is 5.92 Å². The number of nitrogens with zero attached hydrogens (tertiary/aromatic N) is 1. The van der Waals surface area contributed by atoms with Crippen molar-refractivity contribution in [3.63, 3.8) is 0 Å². The van der Waals surface area contributed by atoms with Crippen LogP contribution in [0.25, 0.3) is 0 Å². The Morgan fingerprint density at radius 3 is 2.79 bits per heavy atom. The van der Waals surface area contributed by atoms with Gasteiger partial charge in [-0.2, -0.15) is 0 Å². The molecule has 1 aromatic carbocycles. The number of piperidine rings is 1. The van der Waals surface area contributed by atoms with E-state index in [9.17, 15) is 0 Å². The van der Waals surface area contributed by atoms with Gasteiger partial charge in [0, 0.05) is 19.3 Å². The van der Waals surface area contributed by atoms with Crippen LogP contribution in [0.15, 0.2) is 18.2 Å². The number of anilines is 1. The SMILES string of the molecule is CN(CCC1CCNCC1)c1ccc2c(c1)CCC2. The predicted octanol–water partition coefficient (Wildman–Crippen LogP) is 3.00. The summed E-state index contributed by atoms with van der Waals surface area (Å²) in [5.74, 6) is 0.929. The van der Waals surface area contributed by atoms with Crippen LogP contribution >= 0.6 is 0 Å². The van der Waals surface area contributed by atoms with Crippen LogP contribution in [0.3, 0.4) is 0 Å². The van der Waals surface area contributed by atoms with Crippen LogP contribution < -0.4 is 10.2 Å². The van der Waals surface area contributed by atoms with Crippen molar-refractivity contribution in [2.24, 2.45) is 5.92 Å². The Morgan fingerprint density at radius 2 is 1.95 bits per heavy atom. The number of benzene rings is 1. The minimum atomic E-state index is 0.929. The third-order valence-corrected chi connectivity index (χ3v) is 4.85. The number of hydrogen-bond donors (Lipinski definition) is 1. The van der Waals surface area contributed by atoms with Gasteiger partial charge < -0.3 is 10.2 Å². The van der Waals surface area contributed by atoms with Crippen LogP contribution in [0.5, 0.6) is 0 Å². The lowest BCUT2D eigenvalue weighted by atomic mass is 9.94. The van der Waals surface area contributed by atoms with Gasteiger partial charge in [0.15, 0.2) is 0 Å². The van der Waals surface area contributed by atoms with Gasteiger partial charge in [-0.1, -0.05) is 6.07 Å². The summed E-state index contributed by atoms with van der Waals surface area (Å²) < 4.78 is 0. The van der Waals surface area contributed by atoms with Crippen LogP contribution in [0.2, 0.25) is 0 Å². The van der Waals surface area contributed by atoms with Gasteiger partial charge in [0.05, 0.1) is 0 Å². The van der Waals surface area contributed by atoms with Gasteiger partial charge in [0.2, 0.25) is 0 Å². The Morgan fingerprint density at radius 1 is 1.16 bits per heavy atom. The Hall–Kier alpha value is -1.02. The number of rotatable bonds is 4. The van der Waals surface area contributed by atoms with Crippen molar-refractivity contribution in [1.29, 1.82) is 0 Å². The van der Waals surface area contributed by atoms with Gasteiger partial charge in [0.1, 0.15) is 0 Å². The van der Waals surface area contributed by atoms with Gasteiger partial charge in [-0.05, 0) is 80.8 Å². The zero-order valence-electron chi connectivity index (χ0n) is 12.1. The maximum atomic E-state index is 3.45. The molecule has 3 rings (SSSR count). The maximum absolute atomic E-state index is 3.45. The van der Waals surface area contributed by atoms with E-state index in [4.69, 9.17) is 0 Å². The molecule has 2 nitrogen and oxygen atoms in total. The van der Waals surface area contributed by atoms with E-state index in [1.807, 2.05) is 0 Å². The summed E-state index contributed by atoms with van der Waals surface area (Å²) in [6, 6.07) is 7.08. The number of nitrogens with one attached hydrogen (secondary N) is 1. The second kappa shape index (κ2) is 5.96. The summed E-state index contributed by atoms with van der Waals surface area (Å²) in [5.41, 5.74) is 4.58. The summed E-state index contributed by atoms with van der Waals surface area (Å²) >= 11 is 0. The van der Waals surface area contributed by atoms with Crippen molar-refractivity contribution in [2.75, 3.05) is 31.6 Å². The fourth-order valence-electron chi connectivity index (χ4n) is 3.47. The quantitative estimate of drug-likeness (QED) is 0.893. The number of fused-ring (bicyclic) bond motifs is 1. The normalized spacial score (nSPS) is 19.4. The molecule has 2 heteroatoms. The summed E-state index contributed by atoms with van der Waals surface area (Å²) in [4.78, 5) is 2.45. The zero-order chi connectivity index (χ0) is 13.1. The molecular formula is C17H26N2. The van der Waals surface area contributed by atoms with E-state index >= 15 is 0 Å². The van der Waals surface area contributed by atoms with Gasteiger partial charge >= 0.3 is 0 Å². The van der Waals surface area contributed by atoms with Crippen molar-refractivity contribution in [3.8, 4) is 0 Å². The molecule has 19 heavy (non-hydrogen) atoms. The summed E-state index contributed by atoms with van der Waals surface area (Å²) in [6.07, 6.45) is 7.97. The Balaban J connectivity index is 1.56. The van der Waals surface area contributed by atoms with Crippen LogP contribution in [0.4, 0.5) is 5.69 Å². The molecule has 0 atom stereocenters. The molecule has 0 aromatic heterocycles. The van der Waals surface area contributed by atoms with Crippen molar-refractivity contribution in [3.05, 3.63) is 29.3 Å². The molecule has 1 aliphatic heterocycles. The molecule has 1 aromatic rings. The molecule has 0 spiro atoms. The van der Waals surface area contributed by atoms with E-state index < -0.39 is 0 Å². The van der Waals surface area contributed by atoms with Crippen molar-refractivity contribution < 1.29 is 0 Å². The van der Waals surface area contributed by atoms with Crippen LogP contribution in [0.1, 0.15) is 36.8 Å². The third-order valence-electron chi connectivity index (χ3n) is 4.85. The zero-order valence-corrected chi connectivity index (χ0v) is 12.1. The monoisotopic (exact) mass is 258 g/mol. The molecule has 0 unspecified atom stereocenters. The summed E-state index contributed by atoms with van der Waals surface area (Å²) in [5, 5.41) is 3.45. The van der Waals surface area contributed by atoms with Crippen LogP contribution in [-0.2, 0) is 12.8 Å². The molecule has 2 aliphatic rings. The third kappa shape index (κ3) is 3.11. The molecule has 0 radical (unpaired) electrons. The fraction of sp³-hybridized carbons (Fsp3) is 0.647. The van der Waals surface area contributed by atoms with Gasteiger partial charge in [-0.25, -0.2) is 0 Å². The second-order valence-electron chi connectivity index (χ2n) is 6.21. The number of aryl methyl sites for hydroxylation is 2. The van der Waals surface area contributed by atoms with E-state index in [1.165, 1.54) is 63.8 Å². The smallest absolute Gasteiger partial charge is 0.0366 e. The molecule has 1 heterocycles. The Labute approximate surface area is 117 Å². The van der Waals surface area contributed by atoms with E-state index in [1.54, 1.807) is 11.1 Å². The first-order chi connectivity index (χ1) is 9.33. The molecule has 0 saturated carbocycles. The topological polar surface area (TPSA) is 15.3 Å². The minimum Gasteiger partial charge on any atom is -0.375 e. The number of hydrogen-bond acceptors (Lipinski definition) is 2. The lowest BCUT2D eigenvalue weighted by Gasteiger charge is -2.26. The second-order valence-corrected chi connectivity index (χ2v) is 6.21. The first kappa shape index (κ1) is 13.0. The molecule has 0 amide bonds. The largest absolute Gasteiger partial charge is 0.375 e. The minimum absolute atomic E-state index is 0.929. The van der Waals surface area contributed by atoms with Gasteiger partial charge in [-0.3, -0.25) is 0 Å². The highest BCUT2D eigenvalue weighted by atomic mass is 15.1. The standard InChI is InChI=1S/C17H26N2/c1-19(12-9-14-7-10-18-11-8-14)17-6-5-15-3-2-4-16(15)13-17/h5-6,13-14,18H,2-4,7-12H2,1H3. The van der Waals surface area contributed by atoms with Crippen molar-refractivity contribution in [1.82, 2.24) is 5.32 Å². The molecule has 1 N–H and O–H groups in total. The highest BCUT2D eigenvalue weighted by Crippen LogP contribution is 2.27. The summed E-state index contributed by atoms with van der Waals surface area (Å²) in [6.45, 7) is 3.63. The summed E-state index contributed by atoms with van der Waals surface area (Å²) in [7, 11) is 2.25. The fourth-order valence-corrected chi connectivity index (χ4v) is 3.47. The van der Waals surface area contributed by atoms with Gasteiger partial charge in [-0.15, -0.1) is 0 Å². The Bertz CT molecular complexity index is 421. The highest BCUT2D eigenvalue weighted by molar-refractivity contribution is 5.51. The first-order valence-corrected chi connectivity index (χ1v) is 7.86. The van der Waals surface area contributed by atoms with E-state index in [2.05, 4.69) is 35.5 Å². The molecule has 1 saturated heterocycles. The average Bonchev–Trinajstić information content (AvgIpc) is 2.93.